The summed E-state index contributed by atoms with van der Waals surface area (Å²) in [6.07, 6.45) is 1.54. The van der Waals surface area contributed by atoms with Crippen molar-refractivity contribution in [2.75, 3.05) is 5.33 Å². The summed E-state index contributed by atoms with van der Waals surface area (Å²) in [6.45, 7) is 0. The van der Waals surface area contributed by atoms with E-state index in [1.807, 2.05) is 0 Å². The number of aromatic nitrogens is 1. The number of rotatable bonds is 2. The van der Waals surface area contributed by atoms with Crippen molar-refractivity contribution in [1.82, 2.24) is 4.98 Å². The van der Waals surface area contributed by atoms with E-state index in [-0.39, 0.29) is 16.9 Å². The van der Waals surface area contributed by atoms with Gasteiger partial charge in [0.25, 0.3) is 0 Å². The molecule has 0 spiro atoms. The van der Waals surface area contributed by atoms with Crippen LogP contribution in [0.3, 0.4) is 0 Å². The summed E-state index contributed by atoms with van der Waals surface area (Å²) in [7, 11) is 0. The fourth-order valence-corrected chi connectivity index (χ4v) is 1.73. The quantitative estimate of drug-likeness (QED) is 0.650. The first kappa shape index (κ1) is 9.40. The van der Waals surface area contributed by atoms with E-state index in [1.165, 1.54) is 12.3 Å². The smallest absolute Gasteiger partial charge is 0.175 e. The van der Waals surface area contributed by atoms with Crippen molar-refractivity contribution < 1.29 is 9.18 Å². The third-order valence-corrected chi connectivity index (χ3v) is 2.59. The summed E-state index contributed by atoms with van der Waals surface area (Å²) < 4.78 is 13.4. The summed E-state index contributed by atoms with van der Waals surface area (Å²) >= 11 is 3.06. The topological polar surface area (TPSA) is 32.9 Å². The van der Waals surface area contributed by atoms with Crippen LogP contribution in [0.5, 0.6) is 0 Å². The van der Waals surface area contributed by atoms with Crippen molar-refractivity contribution in [2.24, 2.45) is 0 Å². The predicted octanol–water partition coefficient (Wildman–Crippen LogP) is 2.88. The summed E-state index contributed by atoms with van der Waals surface area (Å²) in [5.74, 6) is -0.491. The van der Waals surface area contributed by atoms with Crippen LogP contribution in [0.1, 0.15) is 10.4 Å². The highest BCUT2D eigenvalue weighted by Crippen LogP contribution is 2.22. The van der Waals surface area contributed by atoms with Crippen molar-refractivity contribution in [1.29, 1.82) is 0 Å². The molecule has 1 aromatic heterocycles. The Bertz CT molecular complexity index is 492. The number of hydrogen-bond donors (Lipinski definition) is 1. The van der Waals surface area contributed by atoms with Crippen LogP contribution in [0.15, 0.2) is 24.4 Å². The normalized spacial score (nSPS) is 10.7. The highest BCUT2D eigenvalue weighted by Gasteiger charge is 2.13. The summed E-state index contributed by atoms with van der Waals surface area (Å²) in [6, 6.07) is 4.70. The Balaban J connectivity index is 2.73. The summed E-state index contributed by atoms with van der Waals surface area (Å²) in [5.41, 5.74) is 1.05. The lowest BCUT2D eigenvalue weighted by Gasteiger charge is -1.95. The summed E-state index contributed by atoms with van der Waals surface area (Å²) in [4.78, 5) is 14.3. The first-order chi connectivity index (χ1) is 6.74. The van der Waals surface area contributed by atoms with Crippen LogP contribution in [-0.4, -0.2) is 16.1 Å². The molecular formula is C10H7BrFNO. The Morgan fingerprint density at radius 1 is 1.50 bits per heavy atom. The monoisotopic (exact) mass is 255 g/mol. The molecule has 0 radical (unpaired) electrons. The molecule has 0 aliphatic carbocycles. The maximum Gasteiger partial charge on any atom is 0.175 e. The standard InChI is InChI=1S/C10H7BrFNO/c11-4-9(14)6-5-13-8-3-1-2-7(12)10(6)8/h1-3,5,13H,4H2. The van der Waals surface area contributed by atoms with Gasteiger partial charge in [-0.3, -0.25) is 4.79 Å². The zero-order valence-corrected chi connectivity index (χ0v) is 8.77. The van der Waals surface area contributed by atoms with Gasteiger partial charge in [0.15, 0.2) is 5.78 Å². The molecule has 0 bridgehead atoms. The fourth-order valence-electron chi connectivity index (χ4n) is 1.43. The maximum atomic E-state index is 13.4. The molecule has 1 N–H and O–H groups in total. The van der Waals surface area contributed by atoms with Gasteiger partial charge >= 0.3 is 0 Å². The molecule has 1 aromatic carbocycles. The highest BCUT2D eigenvalue weighted by atomic mass is 79.9. The molecule has 0 aliphatic heterocycles. The number of carbonyl (C=O) groups is 1. The van der Waals surface area contributed by atoms with Gasteiger partial charge in [-0.1, -0.05) is 22.0 Å². The number of halogens is 2. The first-order valence-electron chi connectivity index (χ1n) is 4.09. The molecule has 4 heteroatoms. The molecule has 0 saturated heterocycles. The molecule has 2 nitrogen and oxygen atoms in total. The minimum absolute atomic E-state index is 0.124. The van der Waals surface area contributed by atoms with Crippen LogP contribution in [0.2, 0.25) is 0 Å². The predicted molar refractivity (Wildman–Crippen MR) is 56.4 cm³/mol. The number of Topliss-reactive ketones (excluding diaryl/α,β-unsaturated/α-hetero) is 1. The zero-order chi connectivity index (χ0) is 10.1. The van der Waals surface area contributed by atoms with Crippen LogP contribution in [0, 0.1) is 5.82 Å². The van der Waals surface area contributed by atoms with Gasteiger partial charge in [-0.15, -0.1) is 0 Å². The van der Waals surface area contributed by atoms with Gasteiger partial charge in [-0.05, 0) is 12.1 Å². The van der Waals surface area contributed by atoms with Crippen molar-refractivity contribution in [3.63, 3.8) is 0 Å². The molecule has 0 unspecified atom stereocenters. The van der Waals surface area contributed by atoms with Gasteiger partial charge in [0.05, 0.1) is 5.33 Å². The fraction of sp³-hybridized carbons (Fsp3) is 0.100. The second-order valence-corrected chi connectivity index (χ2v) is 3.48. The lowest BCUT2D eigenvalue weighted by atomic mass is 10.1. The van der Waals surface area contributed by atoms with Crippen LogP contribution in [0.4, 0.5) is 4.39 Å². The number of ketones is 1. The van der Waals surface area contributed by atoms with E-state index in [9.17, 15) is 9.18 Å². The van der Waals surface area contributed by atoms with Crippen LogP contribution in [0.25, 0.3) is 10.9 Å². The van der Waals surface area contributed by atoms with E-state index < -0.39 is 0 Å². The number of hydrogen-bond acceptors (Lipinski definition) is 1. The van der Waals surface area contributed by atoms with Gasteiger partial charge < -0.3 is 4.98 Å². The Kier molecular flexibility index (Phi) is 2.37. The molecular weight excluding hydrogens is 249 g/mol. The van der Waals surface area contributed by atoms with E-state index in [0.29, 0.717) is 16.5 Å². The first-order valence-corrected chi connectivity index (χ1v) is 5.21. The second kappa shape index (κ2) is 3.53. The third kappa shape index (κ3) is 1.35. The molecule has 0 saturated carbocycles. The Morgan fingerprint density at radius 2 is 2.29 bits per heavy atom. The number of nitrogens with one attached hydrogen (secondary N) is 1. The average Bonchev–Trinajstić information content (AvgIpc) is 2.62. The number of carbonyl (C=O) groups excluding carboxylic acids is 1. The zero-order valence-electron chi connectivity index (χ0n) is 7.18. The van der Waals surface area contributed by atoms with Gasteiger partial charge in [0.1, 0.15) is 5.82 Å². The van der Waals surface area contributed by atoms with E-state index in [1.54, 1.807) is 12.1 Å². The Labute approximate surface area is 88.2 Å². The van der Waals surface area contributed by atoms with Gasteiger partial charge in [0.2, 0.25) is 0 Å². The van der Waals surface area contributed by atoms with Crippen molar-refractivity contribution >= 4 is 32.6 Å². The van der Waals surface area contributed by atoms with Gasteiger partial charge in [-0.2, -0.15) is 0 Å². The van der Waals surface area contributed by atoms with Crippen molar-refractivity contribution in [3.05, 3.63) is 35.8 Å². The van der Waals surface area contributed by atoms with Crippen LogP contribution < -0.4 is 0 Å². The molecule has 0 atom stereocenters. The molecule has 14 heavy (non-hydrogen) atoms. The van der Waals surface area contributed by atoms with Gasteiger partial charge in [0, 0.05) is 22.7 Å². The summed E-state index contributed by atoms with van der Waals surface area (Å²) in [5, 5.41) is 0.575. The molecule has 72 valence electrons. The molecule has 2 aromatic rings. The molecule has 0 aliphatic rings. The Morgan fingerprint density at radius 3 is 3.00 bits per heavy atom. The number of fused-ring (bicyclic) bond motifs is 1. The number of aromatic amines is 1. The lowest BCUT2D eigenvalue weighted by molar-refractivity contribution is 0.102. The largest absolute Gasteiger partial charge is 0.360 e. The Hall–Kier alpha value is -1.16. The van der Waals surface area contributed by atoms with Gasteiger partial charge in [-0.25, -0.2) is 4.39 Å². The molecule has 0 fully saturated rings. The van der Waals surface area contributed by atoms with Crippen LogP contribution >= 0.6 is 15.9 Å². The van der Waals surface area contributed by atoms with Crippen LogP contribution in [-0.2, 0) is 0 Å². The highest BCUT2D eigenvalue weighted by molar-refractivity contribution is 9.09. The molecule has 0 amide bonds. The number of alkyl halides is 1. The SMILES string of the molecule is O=C(CBr)c1c[nH]c2cccc(F)c12. The maximum absolute atomic E-state index is 13.4. The molecule has 1 heterocycles. The van der Waals surface area contributed by atoms with E-state index in [2.05, 4.69) is 20.9 Å². The average molecular weight is 256 g/mol. The number of H-pyrrole nitrogens is 1. The minimum Gasteiger partial charge on any atom is -0.360 e. The van der Waals surface area contributed by atoms with E-state index in [0.717, 1.165) is 0 Å². The molecule has 2 rings (SSSR count). The number of benzene rings is 1. The van der Waals surface area contributed by atoms with Crippen molar-refractivity contribution in [3.8, 4) is 0 Å². The van der Waals surface area contributed by atoms with E-state index >= 15 is 0 Å². The van der Waals surface area contributed by atoms with Crippen molar-refractivity contribution in [2.45, 2.75) is 0 Å². The van der Waals surface area contributed by atoms with E-state index in [4.69, 9.17) is 0 Å². The second-order valence-electron chi connectivity index (χ2n) is 2.92. The third-order valence-electron chi connectivity index (χ3n) is 2.08. The minimum atomic E-state index is -0.368. The lowest BCUT2D eigenvalue weighted by Crippen LogP contribution is -1.98.